The van der Waals surface area contributed by atoms with Crippen molar-refractivity contribution in [3.63, 3.8) is 0 Å². The van der Waals surface area contributed by atoms with E-state index >= 15 is 0 Å². The van der Waals surface area contributed by atoms with E-state index in [1.165, 1.54) is 5.56 Å². The smallest absolute Gasteiger partial charge is 0.258 e. The van der Waals surface area contributed by atoms with Crippen molar-refractivity contribution in [2.24, 2.45) is 17.8 Å². The van der Waals surface area contributed by atoms with E-state index in [4.69, 9.17) is 9.47 Å². The number of ether oxygens (including phenoxy) is 2. The summed E-state index contributed by atoms with van der Waals surface area (Å²) in [4.78, 5) is 25.8. The molecule has 0 radical (unpaired) electrons. The van der Waals surface area contributed by atoms with Gasteiger partial charge in [0.1, 0.15) is 11.5 Å². The van der Waals surface area contributed by atoms with Gasteiger partial charge in [0.2, 0.25) is 5.91 Å². The van der Waals surface area contributed by atoms with Crippen LogP contribution in [0.1, 0.15) is 41.6 Å². The topological polar surface area (TPSA) is 76.7 Å². The van der Waals surface area contributed by atoms with Crippen molar-refractivity contribution >= 4 is 11.8 Å². The Balaban J connectivity index is 1.26. The van der Waals surface area contributed by atoms with Crippen LogP contribution in [0.3, 0.4) is 0 Å². The van der Waals surface area contributed by atoms with Gasteiger partial charge in [0.15, 0.2) is 5.72 Å². The summed E-state index contributed by atoms with van der Waals surface area (Å²) < 4.78 is 11.7. The first-order valence-corrected chi connectivity index (χ1v) is 11.1. The standard InChI is InChI=1S/C25H28N2O4/c1-30-19-9-10-20-22(14-19)31-25(27-24(20)29)15-17-7-8-18(25)13-21(17)23(28)26-12-11-16-5-3-2-4-6-16/h2-6,9-10,14,17-18,21H,7-8,11-13,15H2,1H3,(H,26,28)(H,27,29)/t17-,18+,21-,25+/m1/s1. The predicted molar refractivity (Wildman–Crippen MR) is 116 cm³/mol. The average Bonchev–Trinajstić information content (AvgIpc) is 2.79. The lowest BCUT2D eigenvalue weighted by Gasteiger charge is -2.55. The van der Waals surface area contributed by atoms with Crippen LogP contribution in [0.4, 0.5) is 0 Å². The summed E-state index contributed by atoms with van der Waals surface area (Å²) in [5.74, 6) is 1.55. The average molecular weight is 421 g/mol. The molecule has 162 valence electrons. The molecule has 0 unspecified atom stereocenters. The van der Waals surface area contributed by atoms with Gasteiger partial charge >= 0.3 is 0 Å². The molecule has 1 aliphatic heterocycles. The van der Waals surface area contributed by atoms with E-state index in [9.17, 15) is 9.59 Å². The Bertz CT molecular complexity index is 992. The monoisotopic (exact) mass is 420 g/mol. The van der Waals surface area contributed by atoms with Crippen LogP contribution in [0.15, 0.2) is 48.5 Å². The van der Waals surface area contributed by atoms with E-state index in [0.29, 0.717) is 30.0 Å². The van der Waals surface area contributed by atoms with Gasteiger partial charge in [0.25, 0.3) is 5.91 Å². The number of carbonyl (C=O) groups excluding carboxylic acids is 2. The van der Waals surface area contributed by atoms with Crippen molar-refractivity contribution < 1.29 is 19.1 Å². The maximum atomic E-state index is 12.9. The molecule has 0 saturated heterocycles. The minimum atomic E-state index is -0.722. The second kappa shape index (κ2) is 7.91. The minimum absolute atomic E-state index is 0.0210. The summed E-state index contributed by atoms with van der Waals surface area (Å²) in [5, 5.41) is 6.28. The Morgan fingerprint density at radius 3 is 2.81 bits per heavy atom. The molecule has 2 aromatic carbocycles. The van der Waals surface area contributed by atoms with Crippen LogP contribution in [-0.4, -0.2) is 31.2 Å². The molecule has 3 saturated carbocycles. The Labute approximate surface area is 182 Å². The highest BCUT2D eigenvalue weighted by atomic mass is 16.5. The maximum Gasteiger partial charge on any atom is 0.258 e. The molecule has 0 aromatic heterocycles. The van der Waals surface area contributed by atoms with Gasteiger partial charge < -0.3 is 20.1 Å². The zero-order valence-corrected chi connectivity index (χ0v) is 17.7. The van der Waals surface area contributed by atoms with Gasteiger partial charge in [-0.1, -0.05) is 30.3 Å². The molecule has 6 rings (SSSR count). The zero-order valence-electron chi connectivity index (χ0n) is 17.7. The molecule has 3 fully saturated rings. The van der Waals surface area contributed by atoms with Crippen LogP contribution in [0.25, 0.3) is 0 Å². The quantitative estimate of drug-likeness (QED) is 0.778. The number of carbonyl (C=O) groups is 2. The minimum Gasteiger partial charge on any atom is -0.497 e. The molecule has 2 N–H and O–H groups in total. The van der Waals surface area contributed by atoms with Gasteiger partial charge in [-0.25, -0.2) is 0 Å². The van der Waals surface area contributed by atoms with Crippen LogP contribution in [0, 0.1) is 17.8 Å². The Hall–Kier alpha value is -3.02. The van der Waals surface area contributed by atoms with Crippen LogP contribution < -0.4 is 20.1 Å². The molecule has 2 amide bonds. The van der Waals surface area contributed by atoms with E-state index in [1.807, 2.05) is 18.2 Å². The third kappa shape index (κ3) is 3.64. The van der Waals surface area contributed by atoms with Gasteiger partial charge in [-0.15, -0.1) is 0 Å². The highest BCUT2D eigenvalue weighted by Crippen LogP contribution is 2.52. The number of amides is 2. The lowest BCUT2D eigenvalue weighted by Crippen LogP contribution is -2.67. The highest BCUT2D eigenvalue weighted by Gasteiger charge is 2.57. The Morgan fingerprint density at radius 1 is 1.23 bits per heavy atom. The lowest BCUT2D eigenvalue weighted by atomic mass is 9.60. The second-order valence-corrected chi connectivity index (χ2v) is 8.92. The molecule has 4 atom stereocenters. The normalized spacial score (nSPS) is 28.4. The lowest BCUT2D eigenvalue weighted by molar-refractivity contribution is -0.146. The van der Waals surface area contributed by atoms with Gasteiger partial charge in [-0.3, -0.25) is 9.59 Å². The zero-order chi connectivity index (χ0) is 21.4. The fourth-order valence-corrected chi connectivity index (χ4v) is 5.55. The van der Waals surface area contributed by atoms with Crippen molar-refractivity contribution in [3.8, 4) is 11.5 Å². The number of nitrogens with one attached hydrogen (secondary N) is 2. The Morgan fingerprint density at radius 2 is 2.06 bits per heavy atom. The number of hydrogen-bond donors (Lipinski definition) is 2. The second-order valence-electron chi connectivity index (χ2n) is 8.92. The van der Waals surface area contributed by atoms with Crippen LogP contribution in [-0.2, 0) is 11.2 Å². The molecule has 6 nitrogen and oxygen atoms in total. The molecule has 1 heterocycles. The largest absolute Gasteiger partial charge is 0.497 e. The summed E-state index contributed by atoms with van der Waals surface area (Å²) in [6, 6.07) is 15.5. The van der Waals surface area contributed by atoms with Crippen molar-refractivity contribution in [3.05, 3.63) is 59.7 Å². The van der Waals surface area contributed by atoms with Gasteiger partial charge in [0.05, 0.1) is 12.7 Å². The summed E-state index contributed by atoms with van der Waals surface area (Å²) in [7, 11) is 1.60. The fraction of sp³-hybridized carbons (Fsp3) is 0.440. The number of fused-ring (bicyclic) bond motifs is 3. The van der Waals surface area contributed by atoms with E-state index < -0.39 is 5.72 Å². The van der Waals surface area contributed by atoms with Gasteiger partial charge in [0, 0.05) is 30.9 Å². The molecule has 2 bridgehead atoms. The van der Waals surface area contributed by atoms with E-state index in [-0.39, 0.29) is 29.6 Å². The number of methoxy groups -OCH3 is 1. The van der Waals surface area contributed by atoms with Crippen LogP contribution in [0.2, 0.25) is 0 Å². The number of hydrogen-bond acceptors (Lipinski definition) is 4. The van der Waals surface area contributed by atoms with Gasteiger partial charge in [-0.05, 0) is 49.3 Å². The molecule has 31 heavy (non-hydrogen) atoms. The fourth-order valence-electron chi connectivity index (χ4n) is 5.55. The maximum absolute atomic E-state index is 12.9. The molecule has 3 aliphatic carbocycles. The summed E-state index contributed by atoms with van der Waals surface area (Å²) in [6.45, 7) is 0.641. The predicted octanol–water partition coefficient (Wildman–Crippen LogP) is 3.31. The van der Waals surface area contributed by atoms with Crippen LogP contribution in [0.5, 0.6) is 11.5 Å². The highest BCUT2D eigenvalue weighted by molar-refractivity contribution is 5.98. The first kappa shape index (κ1) is 19.9. The molecule has 2 aromatic rings. The number of rotatable bonds is 5. The van der Waals surface area contributed by atoms with Crippen molar-refractivity contribution in [2.45, 2.75) is 37.8 Å². The van der Waals surface area contributed by atoms with Gasteiger partial charge in [-0.2, -0.15) is 0 Å². The summed E-state index contributed by atoms with van der Waals surface area (Å²) in [5.41, 5.74) is 1.03. The first-order valence-electron chi connectivity index (χ1n) is 11.1. The third-order valence-corrected chi connectivity index (χ3v) is 7.16. The van der Waals surface area contributed by atoms with Crippen LogP contribution >= 0.6 is 0 Å². The van der Waals surface area contributed by atoms with Crippen molar-refractivity contribution in [1.82, 2.24) is 10.6 Å². The molecule has 1 spiro atoms. The van der Waals surface area contributed by atoms with E-state index in [0.717, 1.165) is 25.7 Å². The van der Waals surface area contributed by atoms with E-state index in [2.05, 4.69) is 22.8 Å². The molecule has 4 aliphatic rings. The van der Waals surface area contributed by atoms with Crippen molar-refractivity contribution in [2.75, 3.05) is 13.7 Å². The number of benzene rings is 2. The van der Waals surface area contributed by atoms with Crippen molar-refractivity contribution in [1.29, 1.82) is 0 Å². The molecule has 6 heteroatoms. The Kier molecular flexibility index (Phi) is 5.08. The first-order chi connectivity index (χ1) is 15.1. The SMILES string of the molecule is COc1ccc2c(c1)O[C@]1(C[C@H]3CC[C@H]1C[C@H]3C(=O)NCCc1ccccc1)NC2=O. The van der Waals surface area contributed by atoms with E-state index in [1.54, 1.807) is 25.3 Å². The third-order valence-electron chi connectivity index (χ3n) is 7.16. The summed E-state index contributed by atoms with van der Waals surface area (Å²) >= 11 is 0. The molecular formula is C25H28N2O4. The molecular weight excluding hydrogens is 392 g/mol. The summed E-state index contributed by atoms with van der Waals surface area (Å²) in [6.07, 6.45) is 4.18.